The molecule has 94 valence electrons. The fourth-order valence-corrected chi connectivity index (χ4v) is 2.44. The van der Waals surface area contributed by atoms with Crippen molar-refractivity contribution in [3.05, 3.63) is 58.0 Å². The zero-order valence-electron chi connectivity index (χ0n) is 10.0. The highest BCUT2D eigenvalue weighted by Gasteiger charge is 2.13. The van der Waals surface area contributed by atoms with Crippen LogP contribution in [0, 0.1) is 5.82 Å². The lowest BCUT2D eigenvalue weighted by Gasteiger charge is -2.13. The van der Waals surface area contributed by atoms with Gasteiger partial charge in [-0.1, -0.05) is 12.1 Å². The van der Waals surface area contributed by atoms with Crippen LogP contribution in [-0.4, -0.2) is 11.9 Å². The highest BCUT2D eigenvalue weighted by atomic mass is 32.1. The van der Waals surface area contributed by atoms with Crippen LogP contribution < -0.4 is 5.32 Å². The van der Waals surface area contributed by atoms with Crippen molar-refractivity contribution in [1.82, 2.24) is 5.32 Å². The van der Waals surface area contributed by atoms with Crippen molar-refractivity contribution in [3.8, 4) is 0 Å². The maximum atomic E-state index is 13.4. The number of benzene rings is 1. The molecule has 0 bridgehead atoms. The Morgan fingerprint density at radius 1 is 1.39 bits per heavy atom. The van der Waals surface area contributed by atoms with Crippen molar-refractivity contribution in [2.24, 2.45) is 0 Å². The van der Waals surface area contributed by atoms with Crippen molar-refractivity contribution < 1.29 is 9.18 Å². The van der Waals surface area contributed by atoms with E-state index in [4.69, 9.17) is 0 Å². The predicted octanol–water partition coefficient (Wildman–Crippen LogP) is 3.25. The normalized spacial score (nSPS) is 12.1. The molecular formula is C14H14FNOS. The number of hydrogen-bond donors (Lipinski definition) is 1. The summed E-state index contributed by atoms with van der Waals surface area (Å²) >= 11 is 1.63. The third kappa shape index (κ3) is 3.17. The van der Waals surface area contributed by atoms with E-state index in [0.717, 1.165) is 6.42 Å². The maximum Gasteiger partial charge on any atom is 0.254 e. The minimum atomic E-state index is -0.488. The lowest BCUT2D eigenvalue weighted by atomic mass is 10.1. The first-order valence-electron chi connectivity index (χ1n) is 5.73. The number of amides is 1. The van der Waals surface area contributed by atoms with Gasteiger partial charge in [-0.15, -0.1) is 0 Å². The Labute approximate surface area is 109 Å². The van der Waals surface area contributed by atoms with Crippen LogP contribution in [0.15, 0.2) is 41.1 Å². The molecule has 0 aliphatic heterocycles. The molecular weight excluding hydrogens is 249 g/mol. The van der Waals surface area contributed by atoms with Gasteiger partial charge >= 0.3 is 0 Å². The zero-order valence-corrected chi connectivity index (χ0v) is 10.8. The quantitative estimate of drug-likeness (QED) is 0.901. The first-order valence-corrected chi connectivity index (χ1v) is 6.67. The minimum Gasteiger partial charge on any atom is -0.349 e. The van der Waals surface area contributed by atoms with Crippen molar-refractivity contribution in [2.75, 3.05) is 0 Å². The second-order valence-electron chi connectivity index (χ2n) is 4.19. The van der Waals surface area contributed by atoms with Crippen molar-refractivity contribution >= 4 is 17.2 Å². The van der Waals surface area contributed by atoms with Crippen molar-refractivity contribution in [1.29, 1.82) is 0 Å². The van der Waals surface area contributed by atoms with E-state index >= 15 is 0 Å². The summed E-state index contributed by atoms with van der Waals surface area (Å²) in [6.45, 7) is 1.91. The Hall–Kier alpha value is -1.68. The van der Waals surface area contributed by atoms with Crippen LogP contribution in [0.2, 0.25) is 0 Å². The molecule has 1 atom stereocenters. The number of thiophene rings is 1. The van der Waals surface area contributed by atoms with Crippen LogP contribution >= 0.6 is 11.3 Å². The molecule has 1 unspecified atom stereocenters. The summed E-state index contributed by atoms with van der Waals surface area (Å²) < 4.78 is 13.4. The van der Waals surface area contributed by atoms with Gasteiger partial charge in [-0.25, -0.2) is 4.39 Å². The van der Waals surface area contributed by atoms with Crippen LogP contribution in [0.3, 0.4) is 0 Å². The van der Waals surface area contributed by atoms with E-state index < -0.39 is 5.82 Å². The summed E-state index contributed by atoms with van der Waals surface area (Å²) in [6.07, 6.45) is 0.754. The van der Waals surface area contributed by atoms with Crippen LogP contribution in [-0.2, 0) is 6.42 Å². The van der Waals surface area contributed by atoms with E-state index in [9.17, 15) is 9.18 Å². The van der Waals surface area contributed by atoms with E-state index in [-0.39, 0.29) is 17.5 Å². The molecule has 0 saturated carbocycles. The molecule has 1 amide bonds. The molecule has 18 heavy (non-hydrogen) atoms. The number of nitrogens with one attached hydrogen (secondary N) is 1. The fraction of sp³-hybridized carbons (Fsp3) is 0.214. The van der Waals surface area contributed by atoms with Gasteiger partial charge in [0.25, 0.3) is 5.91 Å². The lowest BCUT2D eigenvalue weighted by Crippen LogP contribution is -2.34. The Morgan fingerprint density at radius 2 is 2.17 bits per heavy atom. The molecule has 2 aromatic rings. The molecule has 0 aliphatic rings. The molecule has 0 spiro atoms. The molecule has 1 aromatic heterocycles. The Balaban J connectivity index is 1.97. The molecule has 0 saturated heterocycles. The van der Waals surface area contributed by atoms with Crippen LogP contribution in [0.5, 0.6) is 0 Å². The zero-order chi connectivity index (χ0) is 13.0. The molecule has 2 rings (SSSR count). The second kappa shape index (κ2) is 5.78. The van der Waals surface area contributed by atoms with Crippen LogP contribution in [0.4, 0.5) is 4.39 Å². The molecule has 4 heteroatoms. The highest BCUT2D eigenvalue weighted by Crippen LogP contribution is 2.10. The van der Waals surface area contributed by atoms with Gasteiger partial charge in [0.1, 0.15) is 5.82 Å². The van der Waals surface area contributed by atoms with Gasteiger partial charge in [0, 0.05) is 6.04 Å². The van der Waals surface area contributed by atoms with Crippen molar-refractivity contribution in [2.45, 2.75) is 19.4 Å². The van der Waals surface area contributed by atoms with Crippen LogP contribution in [0.1, 0.15) is 22.8 Å². The van der Waals surface area contributed by atoms with Crippen LogP contribution in [0.25, 0.3) is 0 Å². The molecule has 0 fully saturated rings. The SMILES string of the molecule is CC(Cc1ccsc1)NC(=O)c1ccccc1F. The molecule has 1 heterocycles. The Morgan fingerprint density at radius 3 is 2.83 bits per heavy atom. The van der Waals surface area contributed by atoms with E-state index in [1.165, 1.54) is 17.7 Å². The van der Waals surface area contributed by atoms with E-state index in [1.807, 2.05) is 23.8 Å². The summed E-state index contributed by atoms with van der Waals surface area (Å²) in [5.74, 6) is -0.853. The van der Waals surface area contributed by atoms with Crippen molar-refractivity contribution in [3.63, 3.8) is 0 Å². The van der Waals surface area contributed by atoms with Gasteiger partial charge in [-0.3, -0.25) is 4.79 Å². The number of rotatable bonds is 4. The summed E-state index contributed by atoms with van der Waals surface area (Å²) in [4.78, 5) is 11.9. The number of halogens is 1. The number of hydrogen-bond acceptors (Lipinski definition) is 2. The Kier molecular flexibility index (Phi) is 4.10. The topological polar surface area (TPSA) is 29.1 Å². The third-order valence-corrected chi connectivity index (χ3v) is 3.35. The Bertz CT molecular complexity index is 524. The predicted molar refractivity (Wildman–Crippen MR) is 71.4 cm³/mol. The van der Waals surface area contributed by atoms with E-state index in [1.54, 1.807) is 23.5 Å². The van der Waals surface area contributed by atoms with Gasteiger partial charge in [0.2, 0.25) is 0 Å². The third-order valence-electron chi connectivity index (χ3n) is 2.62. The molecule has 1 aromatic carbocycles. The standard InChI is InChI=1S/C14H14FNOS/c1-10(8-11-6-7-18-9-11)16-14(17)12-4-2-3-5-13(12)15/h2-7,9-10H,8H2,1H3,(H,16,17). The number of carbonyl (C=O) groups is 1. The average molecular weight is 263 g/mol. The first kappa shape index (κ1) is 12.8. The van der Waals surface area contributed by atoms with Gasteiger partial charge < -0.3 is 5.32 Å². The monoisotopic (exact) mass is 263 g/mol. The molecule has 0 aliphatic carbocycles. The van der Waals surface area contributed by atoms with Gasteiger partial charge in [0.05, 0.1) is 5.56 Å². The lowest BCUT2D eigenvalue weighted by molar-refractivity contribution is 0.0936. The van der Waals surface area contributed by atoms with Gasteiger partial charge in [-0.05, 0) is 47.9 Å². The second-order valence-corrected chi connectivity index (χ2v) is 4.97. The van der Waals surface area contributed by atoms with E-state index in [2.05, 4.69) is 5.32 Å². The number of carbonyl (C=O) groups excluding carboxylic acids is 1. The molecule has 0 radical (unpaired) electrons. The summed E-state index contributed by atoms with van der Waals surface area (Å²) in [5, 5.41) is 6.85. The minimum absolute atomic E-state index is 0.0216. The largest absolute Gasteiger partial charge is 0.349 e. The van der Waals surface area contributed by atoms with Gasteiger partial charge in [0.15, 0.2) is 0 Å². The van der Waals surface area contributed by atoms with E-state index in [0.29, 0.717) is 0 Å². The summed E-state index contributed by atoms with van der Waals surface area (Å²) in [7, 11) is 0. The molecule has 2 nitrogen and oxygen atoms in total. The summed E-state index contributed by atoms with van der Waals surface area (Å²) in [5.41, 5.74) is 1.27. The highest BCUT2D eigenvalue weighted by molar-refractivity contribution is 7.07. The first-order chi connectivity index (χ1) is 8.66. The fourth-order valence-electron chi connectivity index (χ4n) is 1.76. The molecule has 1 N–H and O–H groups in total. The smallest absolute Gasteiger partial charge is 0.254 e. The average Bonchev–Trinajstić information content (AvgIpc) is 2.82. The maximum absolute atomic E-state index is 13.4. The van der Waals surface area contributed by atoms with Gasteiger partial charge in [-0.2, -0.15) is 11.3 Å². The summed E-state index contributed by atoms with van der Waals surface area (Å²) in [6, 6.07) is 8.01.